The number of anilines is 1. The van der Waals surface area contributed by atoms with Gasteiger partial charge in [0.15, 0.2) is 5.76 Å². The zero-order valence-corrected chi connectivity index (χ0v) is 10.4. The van der Waals surface area contributed by atoms with Crippen molar-refractivity contribution in [1.29, 1.82) is 0 Å². The van der Waals surface area contributed by atoms with Crippen molar-refractivity contribution in [3.8, 4) is 0 Å². The van der Waals surface area contributed by atoms with Crippen LogP contribution in [0.3, 0.4) is 0 Å². The Labute approximate surface area is 105 Å². The summed E-state index contributed by atoms with van der Waals surface area (Å²) in [6.45, 7) is 4.09. The zero-order valence-electron chi connectivity index (χ0n) is 10.4. The van der Waals surface area contributed by atoms with E-state index in [0.717, 1.165) is 16.9 Å². The lowest BCUT2D eigenvalue weighted by Gasteiger charge is -2.08. The van der Waals surface area contributed by atoms with Gasteiger partial charge in [-0.05, 0) is 25.5 Å². The molecule has 0 radical (unpaired) electrons. The van der Waals surface area contributed by atoms with E-state index in [2.05, 4.69) is 15.8 Å². The molecule has 0 spiro atoms. The van der Waals surface area contributed by atoms with Crippen LogP contribution < -0.4 is 10.6 Å². The number of benzene rings is 1. The molecule has 94 valence electrons. The van der Waals surface area contributed by atoms with Crippen molar-refractivity contribution in [2.24, 2.45) is 0 Å². The molecular weight excluding hydrogens is 230 g/mol. The molecule has 0 atom stereocenters. The fraction of sp³-hybridized carbons (Fsp3) is 0.231. The third-order valence-electron chi connectivity index (χ3n) is 2.49. The van der Waals surface area contributed by atoms with Crippen molar-refractivity contribution >= 4 is 11.7 Å². The highest BCUT2D eigenvalue weighted by atomic mass is 16.5. The number of amides is 2. The lowest BCUT2D eigenvalue weighted by molar-refractivity contribution is 0.250. The minimum atomic E-state index is -0.265. The molecule has 0 aliphatic heterocycles. The van der Waals surface area contributed by atoms with E-state index in [1.54, 1.807) is 6.07 Å². The van der Waals surface area contributed by atoms with E-state index >= 15 is 0 Å². The van der Waals surface area contributed by atoms with E-state index in [1.165, 1.54) is 0 Å². The molecule has 0 aliphatic carbocycles. The Morgan fingerprint density at radius 3 is 2.78 bits per heavy atom. The van der Waals surface area contributed by atoms with Crippen molar-refractivity contribution in [1.82, 2.24) is 10.5 Å². The highest BCUT2D eigenvalue weighted by molar-refractivity contribution is 5.89. The van der Waals surface area contributed by atoms with Gasteiger partial charge in [0.1, 0.15) is 0 Å². The number of nitrogens with zero attached hydrogens (tertiary/aromatic N) is 1. The first-order valence-corrected chi connectivity index (χ1v) is 5.68. The van der Waals surface area contributed by atoms with Gasteiger partial charge in [-0.15, -0.1) is 0 Å². The molecule has 2 aromatic rings. The van der Waals surface area contributed by atoms with E-state index in [-0.39, 0.29) is 6.03 Å². The van der Waals surface area contributed by atoms with E-state index in [0.29, 0.717) is 12.3 Å². The number of para-hydroxylation sites is 1. The Hall–Kier alpha value is -2.30. The van der Waals surface area contributed by atoms with Crippen LogP contribution in [0.1, 0.15) is 17.0 Å². The van der Waals surface area contributed by atoms with Gasteiger partial charge in [0.2, 0.25) is 0 Å². The highest BCUT2D eigenvalue weighted by Crippen LogP contribution is 2.12. The minimum Gasteiger partial charge on any atom is -0.359 e. The molecule has 5 heteroatoms. The number of aryl methyl sites for hydroxylation is 2. The van der Waals surface area contributed by atoms with Crippen LogP contribution in [0.4, 0.5) is 10.5 Å². The summed E-state index contributed by atoms with van der Waals surface area (Å²) in [5, 5.41) is 9.23. The average molecular weight is 245 g/mol. The van der Waals surface area contributed by atoms with Gasteiger partial charge in [-0.25, -0.2) is 4.79 Å². The number of carbonyl (C=O) groups excluding carboxylic acids is 1. The van der Waals surface area contributed by atoms with Crippen LogP contribution in [-0.4, -0.2) is 11.2 Å². The summed E-state index contributed by atoms with van der Waals surface area (Å²) in [6.07, 6.45) is 0. The van der Waals surface area contributed by atoms with E-state index in [1.807, 2.05) is 38.1 Å². The summed E-state index contributed by atoms with van der Waals surface area (Å²) in [6, 6.07) is 9.12. The van der Waals surface area contributed by atoms with Gasteiger partial charge in [-0.3, -0.25) is 0 Å². The summed E-state index contributed by atoms with van der Waals surface area (Å²) in [7, 11) is 0. The number of hydrogen-bond donors (Lipinski definition) is 2. The number of nitrogens with one attached hydrogen (secondary N) is 2. The van der Waals surface area contributed by atoms with Gasteiger partial charge in [-0.2, -0.15) is 0 Å². The highest BCUT2D eigenvalue weighted by Gasteiger charge is 2.05. The number of rotatable bonds is 3. The molecule has 0 unspecified atom stereocenters. The number of carbonyl (C=O) groups is 1. The summed E-state index contributed by atoms with van der Waals surface area (Å²) in [4.78, 5) is 11.7. The first-order chi connectivity index (χ1) is 8.65. The number of urea groups is 1. The maximum Gasteiger partial charge on any atom is 0.319 e. The van der Waals surface area contributed by atoms with Crippen LogP contribution in [-0.2, 0) is 6.54 Å². The van der Waals surface area contributed by atoms with Gasteiger partial charge < -0.3 is 15.2 Å². The second kappa shape index (κ2) is 5.35. The molecule has 2 N–H and O–H groups in total. The van der Waals surface area contributed by atoms with Crippen LogP contribution in [0, 0.1) is 13.8 Å². The first kappa shape index (κ1) is 12.2. The van der Waals surface area contributed by atoms with Crippen molar-refractivity contribution in [2.75, 3.05) is 5.32 Å². The summed E-state index contributed by atoms with van der Waals surface area (Å²) in [5.41, 5.74) is 2.61. The van der Waals surface area contributed by atoms with Crippen LogP contribution in [0.2, 0.25) is 0 Å². The Kier molecular flexibility index (Phi) is 3.62. The normalized spacial score (nSPS) is 10.1. The monoisotopic (exact) mass is 245 g/mol. The van der Waals surface area contributed by atoms with Crippen molar-refractivity contribution < 1.29 is 9.32 Å². The van der Waals surface area contributed by atoms with Crippen molar-refractivity contribution in [2.45, 2.75) is 20.4 Å². The molecule has 1 aromatic heterocycles. The Morgan fingerprint density at radius 1 is 1.33 bits per heavy atom. The van der Waals surface area contributed by atoms with Gasteiger partial charge in [-0.1, -0.05) is 23.4 Å². The van der Waals surface area contributed by atoms with Gasteiger partial charge in [0, 0.05) is 11.8 Å². The van der Waals surface area contributed by atoms with Crippen LogP contribution >= 0.6 is 0 Å². The average Bonchev–Trinajstić information content (AvgIpc) is 2.76. The van der Waals surface area contributed by atoms with Crippen LogP contribution in [0.15, 0.2) is 34.9 Å². The largest absolute Gasteiger partial charge is 0.359 e. The summed E-state index contributed by atoms with van der Waals surface area (Å²) < 4.78 is 5.00. The molecule has 0 fully saturated rings. The standard InChI is InChI=1S/C13H15N3O2/c1-9-5-3-4-6-12(9)15-13(17)14-8-11-7-10(2)16-18-11/h3-7H,8H2,1-2H3,(H2,14,15,17). The molecule has 0 bridgehead atoms. The fourth-order valence-electron chi connectivity index (χ4n) is 1.55. The number of aromatic nitrogens is 1. The smallest absolute Gasteiger partial charge is 0.319 e. The molecule has 1 heterocycles. The predicted molar refractivity (Wildman–Crippen MR) is 68.3 cm³/mol. The zero-order chi connectivity index (χ0) is 13.0. The van der Waals surface area contributed by atoms with Crippen LogP contribution in [0.25, 0.3) is 0 Å². The lowest BCUT2D eigenvalue weighted by Crippen LogP contribution is -2.28. The van der Waals surface area contributed by atoms with Gasteiger partial charge >= 0.3 is 6.03 Å². The molecule has 2 amide bonds. The van der Waals surface area contributed by atoms with E-state index < -0.39 is 0 Å². The minimum absolute atomic E-state index is 0.265. The molecule has 0 saturated heterocycles. The van der Waals surface area contributed by atoms with E-state index in [9.17, 15) is 4.79 Å². The Balaban J connectivity index is 1.88. The van der Waals surface area contributed by atoms with Crippen LogP contribution in [0.5, 0.6) is 0 Å². The molecule has 1 aromatic carbocycles. The van der Waals surface area contributed by atoms with Gasteiger partial charge in [0.25, 0.3) is 0 Å². The van der Waals surface area contributed by atoms with Crippen molar-refractivity contribution in [3.63, 3.8) is 0 Å². The number of hydrogen-bond acceptors (Lipinski definition) is 3. The first-order valence-electron chi connectivity index (χ1n) is 5.68. The van der Waals surface area contributed by atoms with E-state index in [4.69, 9.17) is 4.52 Å². The van der Waals surface area contributed by atoms with Gasteiger partial charge in [0.05, 0.1) is 12.2 Å². The Morgan fingerprint density at radius 2 is 2.11 bits per heavy atom. The lowest BCUT2D eigenvalue weighted by atomic mass is 10.2. The maximum absolute atomic E-state index is 11.7. The second-order valence-electron chi connectivity index (χ2n) is 4.06. The second-order valence-corrected chi connectivity index (χ2v) is 4.06. The fourth-order valence-corrected chi connectivity index (χ4v) is 1.55. The quantitative estimate of drug-likeness (QED) is 0.873. The third-order valence-corrected chi connectivity index (χ3v) is 2.49. The Bertz CT molecular complexity index is 549. The molecular formula is C13H15N3O2. The SMILES string of the molecule is Cc1cc(CNC(=O)Nc2ccccc2C)on1. The molecule has 18 heavy (non-hydrogen) atoms. The van der Waals surface area contributed by atoms with Crippen molar-refractivity contribution in [3.05, 3.63) is 47.3 Å². The molecule has 0 aliphatic rings. The third kappa shape index (κ3) is 3.10. The summed E-state index contributed by atoms with van der Waals surface area (Å²) >= 11 is 0. The predicted octanol–water partition coefficient (Wildman–Crippen LogP) is 2.61. The topological polar surface area (TPSA) is 67.2 Å². The maximum atomic E-state index is 11.7. The summed E-state index contributed by atoms with van der Waals surface area (Å²) in [5.74, 6) is 0.632. The molecule has 0 saturated carbocycles. The molecule has 5 nitrogen and oxygen atoms in total. The molecule has 2 rings (SSSR count).